The third kappa shape index (κ3) is 2.80. The molecule has 2 aliphatic rings. The van der Waals surface area contributed by atoms with E-state index in [2.05, 4.69) is 23.0 Å². The molecule has 1 heterocycles. The first-order chi connectivity index (χ1) is 9.78. The van der Waals surface area contributed by atoms with Crippen molar-refractivity contribution in [2.45, 2.75) is 49.4 Å². The number of carbonyl (C=O) groups excluding carboxylic acids is 1. The molecular formula is C16H22N2OS. The SMILES string of the molecule is CSC1CCCCC1NC(=O)[C@@H]1Cc2ccccc2N1. The number of nitrogens with one attached hydrogen (secondary N) is 2. The molecule has 20 heavy (non-hydrogen) atoms. The van der Waals surface area contributed by atoms with Crippen LogP contribution in [-0.2, 0) is 11.2 Å². The van der Waals surface area contributed by atoms with E-state index < -0.39 is 0 Å². The number of hydrogen-bond donors (Lipinski definition) is 2. The van der Waals surface area contributed by atoms with Gasteiger partial charge in [-0.15, -0.1) is 0 Å². The molecule has 1 aromatic carbocycles. The van der Waals surface area contributed by atoms with E-state index in [0.29, 0.717) is 11.3 Å². The molecule has 0 aromatic heterocycles. The number of rotatable bonds is 3. The molecule has 3 rings (SSSR count). The molecule has 4 heteroatoms. The van der Waals surface area contributed by atoms with E-state index in [4.69, 9.17) is 0 Å². The van der Waals surface area contributed by atoms with Gasteiger partial charge in [-0.05, 0) is 30.7 Å². The lowest BCUT2D eigenvalue weighted by molar-refractivity contribution is -0.122. The van der Waals surface area contributed by atoms with Gasteiger partial charge in [-0.3, -0.25) is 4.79 Å². The number of amides is 1. The van der Waals surface area contributed by atoms with Gasteiger partial charge >= 0.3 is 0 Å². The summed E-state index contributed by atoms with van der Waals surface area (Å²) in [5.41, 5.74) is 2.36. The van der Waals surface area contributed by atoms with Crippen LogP contribution in [0.4, 0.5) is 5.69 Å². The average Bonchev–Trinajstić information content (AvgIpc) is 2.92. The zero-order valence-corrected chi connectivity index (χ0v) is 12.7. The first-order valence-corrected chi connectivity index (χ1v) is 8.74. The van der Waals surface area contributed by atoms with E-state index in [9.17, 15) is 4.79 Å². The van der Waals surface area contributed by atoms with E-state index in [1.165, 1.54) is 24.8 Å². The summed E-state index contributed by atoms with van der Waals surface area (Å²) in [5.74, 6) is 0.159. The predicted molar refractivity (Wildman–Crippen MR) is 85.3 cm³/mol. The Kier molecular flexibility index (Phi) is 4.20. The maximum absolute atomic E-state index is 12.5. The number of benzene rings is 1. The summed E-state index contributed by atoms with van der Waals surface area (Å²) in [4.78, 5) is 12.5. The van der Waals surface area contributed by atoms with Crippen LogP contribution in [0.5, 0.6) is 0 Å². The van der Waals surface area contributed by atoms with Crippen LogP contribution in [0.2, 0.25) is 0 Å². The Morgan fingerprint density at radius 1 is 1.30 bits per heavy atom. The summed E-state index contributed by atoms with van der Waals surface area (Å²) in [7, 11) is 0. The maximum Gasteiger partial charge on any atom is 0.243 e. The van der Waals surface area contributed by atoms with Crippen molar-refractivity contribution in [2.75, 3.05) is 11.6 Å². The number of fused-ring (bicyclic) bond motifs is 1. The molecular weight excluding hydrogens is 268 g/mol. The lowest BCUT2D eigenvalue weighted by Crippen LogP contribution is -2.49. The van der Waals surface area contributed by atoms with Crippen LogP contribution in [0.3, 0.4) is 0 Å². The smallest absolute Gasteiger partial charge is 0.243 e. The van der Waals surface area contributed by atoms with Crippen molar-refractivity contribution in [1.29, 1.82) is 0 Å². The fourth-order valence-corrected chi connectivity index (χ4v) is 4.22. The Morgan fingerprint density at radius 2 is 2.10 bits per heavy atom. The minimum Gasteiger partial charge on any atom is -0.373 e. The van der Waals surface area contributed by atoms with Crippen molar-refractivity contribution in [1.82, 2.24) is 5.32 Å². The van der Waals surface area contributed by atoms with Crippen molar-refractivity contribution in [3.8, 4) is 0 Å². The molecule has 2 N–H and O–H groups in total. The highest BCUT2D eigenvalue weighted by atomic mass is 32.2. The van der Waals surface area contributed by atoms with Crippen LogP contribution in [-0.4, -0.2) is 29.5 Å². The van der Waals surface area contributed by atoms with Gasteiger partial charge in [0, 0.05) is 23.4 Å². The van der Waals surface area contributed by atoms with Crippen molar-refractivity contribution < 1.29 is 4.79 Å². The van der Waals surface area contributed by atoms with Gasteiger partial charge in [0.1, 0.15) is 6.04 Å². The predicted octanol–water partition coefficient (Wildman–Crippen LogP) is 2.81. The quantitative estimate of drug-likeness (QED) is 0.899. The lowest BCUT2D eigenvalue weighted by atomic mass is 9.94. The van der Waals surface area contributed by atoms with Gasteiger partial charge in [-0.1, -0.05) is 31.0 Å². The van der Waals surface area contributed by atoms with E-state index in [1.807, 2.05) is 30.0 Å². The molecule has 1 saturated carbocycles. The minimum absolute atomic E-state index is 0.100. The topological polar surface area (TPSA) is 41.1 Å². The van der Waals surface area contributed by atoms with Crippen LogP contribution < -0.4 is 10.6 Å². The van der Waals surface area contributed by atoms with Crippen LogP contribution in [0.15, 0.2) is 24.3 Å². The number of hydrogen-bond acceptors (Lipinski definition) is 3. The molecule has 1 amide bonds. The summed E-state index contributed by atoms with van der Waals surface area (Å²) in [6.07, 6.45) is 7.84. The van der Waals surface area contributed by atoms with Gasteiger partial charge in [0.05, 0.1) is 0 Å². The highest BCUT2D eigenvalue weighted by molar-refractivity contribution is 7.99. The summed E-state index contributed by atoms with van der Waals surface area (Å²) >= 11 is 1.89. The molecule has 3 atom stereocenters. The Bertz CT molecular complexity index is 466. The van der Waals surface area contributed by atoms with Crippen LogP contribution in [0.25, 0.3) is 0 Å². The Balaban J connectivity index is 1.60. The molecule has 0 saturated heterocycles. The molecule has 0 radical (unpaired) electrons. The Morgan fingerprint density at radius 3 is 2.90 bits per heavy atom. The second-order valence-corrected chi connectivity index (χ2v) is 6.81. The van der Waals surface area contributed by atoms with Crippen molar-refractivity contribution >= 4 is 23.4 Å². The zero-order chi connectivity index (χ0) is 13.9. The fraction of sp³-hybridized carbons (Fsp3) is 0.562. The second kappa shape index (κ2) is 6.08. The van der Waals surface area contributed by atoms with E-state index >= 15 is 0 Å². The third-order valence-electron chi connectivity index (χ3n) is 4.42. The van der Waals surface area contributed by atoms with Gasteiger partial charge in [-0.25, -0.2) is 0 Å². The minimum atomic E-state index is -0.100. The molecule has 0 spiro atoms. The third-order valence-corrected chi connectivity index (χ3v) is 5.59. The van der Waals surface area contributed by atoms with Crippen molar-refractivity contribution in [3.05, 3.63) is 29.8 Å². The molecule has 1 aliphatic carbocycles. The van der Waals surface area contributed by atoms with E-state index in [0.717, 1.165) is 18.5 Å². The Labute approximate surface area is 124 Å². The monoisotopic (exact) mass is 290 g/mol. The fourth-order valence-electron chi connectivity index (χ4n) is 3.28. The highest BCUT2D eigenvalue weighted by Crippen LogP contribution is 2.28. The zero-order valence-electron chi connectivity index (χ0n) is 11.9. The number of para-hydroxylation sites is 1. The highest BCUT2D eigenvalue weighted by Gasteiger charge is 2.31. The van der Waals surface area contributed by atoms with Crippen molar-refractivity contribution in [3.63, 3.8) is 0 Å². The summed E-state index contributed by atoms with van der Waals surface area (Å²) in [5, 5.41) is 7.19. The molecule has 1 fully saturated rings. The number of thioether (sulfide) groups is 1. The van der Waals surface area contributed by atoms with Gasteiger partial charge in [-0.2, -0.15) is 11.8 Å². The van der Waals surface area contributed by atoms with Crippen LogP contribution in [0.1, 0.15) is 31.2 Å². The van der Waals surface area contributed by atoms with Gasteiger partial charge in [0.15, 0.2) is 0 Å². The molecule has 0 bridgehead atoms. The standard InChI is InChI=1S/C16H22N2OS/c1-20-15-9-5-4-8-13(15)18-16(19)14-10-11-6-2-3-7-12(11)17-14/h2-3,6-7,13-15,17H,4-5,8-10H2,1H3,(H,18,19)/t13?,14-,15?/m0/s1. The van der Waals surface area contributed by atoms with E-state index in [1.54, 1.807) is 0 Å². The summed E-state index contributed by atoms with van der Waals surface area (Å²) < 4.78 is 0. The van der Waals surface area contributed by atoms with E-state index in [-0.39, 0.29) is 11.9 Å². The average molecular weight is 290 g/mol. The summed E-state index contributed by atoms with van der Waals surface area (Å²) in [6, 6.07) is 8.44. The lowest BCUT2D eigenvalue weighted by Gasteiger charge is -2.31. The Hall–Kier alpha value is -1.16. The first kappa shape index (κ1) is 13.8. The van der Waals surface area contributed by atoms with Gasteiger partial charge in [0.2, 0.25) is 5.91 Å². The largest absolute Gasteiger partial charge is 0.373 e. The van der Waals surface area contributed by atoms with Gasteiger partial charge < -0.3 is 10.6 Å². The first-order valence-electron chi connectivity index (χ1n) is 7.45. The molecule has 2 unspecified atom stereocenters. The van der Waals surface area contributed by atoms with Gasteiger partial charge in [0.25, 0.3) is 0 Å². The molecule has 3 nitrogen and oxygen atoms in total. The van der Waals surface area contributed by atoms with Crippen LogP contribution >= 0.6 is 11.8 Å². The molecule has 1 aromatic rings. The number of anilines is 1. The van der Waals surface area contributed by atoms with Crippen LogP contribution in [0, 0.1) is 0 Å². The number of carbonyl (C=O) groups is 1. The molecule has 108 valence electrons. The normalized spacial score (nSPS) is 28.6. The second-order valence-electron chi connectivity index (χ2n) is 5.73. The maximum atomic E-state index is 12.5. The van der Waals surface area contributed by atoms with Crippen molar-refractivity contribution in [2.24, 2.45) is 0 Å². The molecule has 1 aliphatic heterocycles. The summed E-state index contributed by atoms with van der Waals surface area (Å²) in [6.45, 7) is 0.